The normalized spacial score (nSPS) is 17.0. The summed E-state index contributed by atoms with van der Waals surface area (Å²) in [6, 6.07) is 0.189. The van der Waals surface area contributed by atoms with Gasteiger partial charge in [-0.05, 0) is 18.8 Å². The molecule has 1 rings (SSSR count). The number of carbonyl (C=O) groups excluding carboxylic acids is 2. The summed E-state index contributed by atoms with van der Waals surface area (Å²) in [6.07, 6.45) is 2.38. The Morgan fingerprint density at radius 2 is 1.94 bits per heavy atom. The second-order valence-electron chi connectivity index (χ2n) is 4.73. The molecule has 0 aromatic carbocycles. The summed E-state index contributed by atoms with van der Waals surface area (Å²) in [5.41, 5.74) is 5.75. The van der Waals surface area contributed by atoms with Gasteiger partial charge in [-0.2, -0.15) is 0 Å². The van der Waals surface area contributed by atoms with Crippen LogP contribution in [-0.4, -0.2) is 30.4 Å². The number of hydrogen-bond acceptors (Lipinski definition) is 3. The minimum Gasteiger partial charge on any atom is -0.352 e. The molecule has 2 amide bonds. The third kappa shape index (κ3) is 5.11. The van der Waals surface area contributed by atoms with E-state index in [0.717, 1.165) is 12.8 Å². The number of nitrogens with one attached hydrogen (secondary N) is 2. The summed E-state index contributed by atoms with van der Waals surface area (Å²) >= 11 is 0. The summed E-state index contributed by atoms with van der Waals surface area (Å²) in [7, 11) is 0. The van der Waals surface area contributed by atoms with Gasteiger partial charge in [0.05, 0.1) is 6.54 Å². The van der Waals surface area contributed by atoms with Crippen LogP contribution in [0.5, 0.6) is 0 Å². The Hall–Kier alpha value is -1.10. The molecule has 92 valence electrons. The van der Waals surface area contributed by atoms with Gasteiger partial charge in [0, 0.05) is 18.5 Å². The Morgan fingerprint density at radius 3 is 2.44 bits per heavy atom. The lowest BCUT2D eigenvalue weighted by Gasteiger charge is -2.14. The van der Waals surface area contributed by atoms with Gasteiger partial charge < -0.3 is 16.4 Å². The largest absolute Gasteiger partial charge is 0.352 e. The molecule has 1 saturated carbocycles. The highest BCUT2D eigenvalue weighted by Gasteiger charge is 2.23. The quantitative estimate of drug-likeness (QED) is 0.585. The number of hydrogen-bond donors (Lipinski definition) is 3. The van der Waals surface area contributed by atoms with Crippen LogP contribution in [-0.2, 0) is 9.59 Å². The molecule has 5 heteroatoms. The van der Waals surface area contributed by atoms with Gasteiger partial charge in [-0.25, -0.2) is 0 Å². The summed E-state index contributed by atoms with van der Waals surface area (Å²) in [4.78, 5) is 22.7. The average molecular weight is 227 g/mol. The van der Waals surface area contributed by atoms with Gasteiger partial charge in [0.2, 0.25) is 11.8 Å². The maximum Gasteiger partial charge on any atom is 0.239 e. The van der Waals surface area contributed by atoms with Crippen LogP contribution in [0, 0.1) is 5.92 Å². The van der Waals surface area contributed by atoms with Gasteiger partial charge in [0.15, 0.2) is 0 Å². The molecule has 0 radical (unpaired) electrons. The molecule has 0 aliphatic heterocycles. The molecule has 0 bridgehead atoms. The van der Waals surface area contributed by atoms with E-state index >= 15 is 0 Å². The molecule has 16 heavy (non-hydrogen) atoms. The van der Waals surface area contributed by atoms with Crippen molar-refractivity contribution >= 4 is 11.8 Å². The lowest BCUT2D eigenvalue weighted by atomic mass is 10.0. The van der Waals surface area contributed by atoms with Crippen LogP contribution in [0.3, 0.4) is 0 Å². The molecule has 1 atom stereocenters. The second-order valence-corrected chi connectivity index (χ2v) is 4.73. The zero-order valence-corrected chi connectivity index (χ0v) is 9.95. The first-order valence-electron chi connectivity index (χ1n) is 5.80. The third-order valence-electron chi connectivity index (χ3n) is 2.67. The Labute approximate surface area is 96.1 Å². The van der Waals surface area contributed by atoms with E-state index in [0.29, 0.717) is 6.04 Å². The summed E-state index contributed by atoms with van der Waals surface area (Å²) in [5.74, 6) is -0.00726. The van der Waals surface area contributed by atoms with Crippen molar-refractivity contribution in [1.82, 2.24) is 10.6 Å². The lowest BCUT2D eigenvalue weighted by Crippen LogP contribution is -2.40. The standard InChI is InChI=1S/C11H21N3O2/c1-7(2)9(12)5-10(15)13-6-11(16)14-8-3-4-8/h7-9H,3-6,12H2,1-2H3,(H,13,15)(H,14,16). The molecule has 0 heterocycles. The minimum absolute atomic E-state index is 0.0557. The fraction of sp³-hybridized carbons (Fsp3) is 0.818. The lowest BCUT2D eigenvalue weighted by molar-refractivity contribution is -0.126. The van der Waals surface area contributed by atoms with Crippen molar-refractivity contribution < 1.29 is 9.59 Å². The number of nitrogens with two attached hydrogens (primary N) is 1. The first-order valence-corrected chi connectivity index (χ1v) is 5.80. The Balaban J connectivity index is 2.11. The summed E-state index contributed by atoms with van der Waals surface area (Å²) in [5, 5.41) is 5.37. The number of rotatable bonds is 6. The van der Waals surface area contributed by atoms with Crippen molar-refractivity contribution in [3.05, 3.63) is 0 Å². The second kappa shape index (κ2) is 5.84. The van der Waals surface area contributed by atoms with Gasteiger partial charge in [0.25, 0.3) is 0 Å². The fourth-order valence-electron chi connectivity index (χ4n) is 1.21. The van der Waals surface area contributed by atoms with Crippen molar-refractivity contribution in [2.24, 2.45) is 11.7 Å². The third-order valence-corrected chi connectivity index (χ3v) is 2.67. The Kier molecular flexibility index (Phi) is 4.73. The molecule has 1 aliphatic rings. The Bertz CT molecular complexity index is 262. The maximum atomic E-state index is 11.4. The van der Waals surface area contributed by atoms with E-state index in [2.05, 4.69) is 10.6 Å². The first kappa shape index (κ1) is 13.0. The molecular weight excluding hydrogens is 206 g/mol. The maximum absolute atomic E-state index is 11.4. The highest BCUT2D eigenvalue weighted by Crippen LogP contribution is 2.18. The fourth-order valence-corrected chi connectivity index (χ4v) is 1.21. The molecule has 5 nitrogen and oxygen atoms in total. The van der Waals surface area contributed by atoms with Gasteiger partial charge in [-0.3, -0.25) is 9.59 Å². The Morgan fingerprint density at radius 1 is 1.31 bits per heavy atom. The van der Waals surface area contributed by atoms with Gasteiger partial charge in [0.1, 0.15) is 0 Å². The smallest absolute Gasteiger partial charge is 0.239 e. The SMILES string of the molecule is CC(C)C(N)CC(=O)NCC(=O)NC1CC1. The van der Waals surface area contributed by atoms with Crippen LogP contribution < -0.4 is 16.4 Å². The zero-order chi connectivity index (χ0) is 12.1. The van der Waals surface area contributed by atoms with Crippen LogP contribution >= 0.6 is 0 Å². The summed E-state index contributed by atoms with van der Waals surface area (Å²) < 4.78 is 0. The van der Waals surface area contributed by atoms with Crippen molar-refractivity contribution in [3.63, 3.8) is 0 Å². The molecule has 1 aliphatic carbocycles. The zero-order valence-electron chi connectivity index (χ0n) is 9.95. The van der Waals surface area contributed by atoms with Crippen LogP contribution in [0.4, 0.5) is 0 Å². The van der Waals surface area contributed by atoms with Crippen LogP contribution in [0.1, 0.15) is 33.1 Å². The number of carbonyl (C=O) groups is 2. The predicted molar refractivity (Wildman–Crippen MR) is 61.6 cm³/mol. The topological polar surface area (TPSA) is 84.2 Å². The highest BCUT2D eigenvalue weighted by atomic mass is 16.2. The summed E-state index contributed by atoms with van der Waals surface area (Å²) in [6.45, 7) is 4.00. The minimum atomic E-state index is -0.160. The molecule has 4 N–H and O–H groups in total. The van der Waals surface area contributed by atoms with Gasteiger partial charge >= 0.3 is 0 Å². The van der Waals surface area contributed by atoms with Crippen LogP contribution in [0.2, 0.25) is 0 Å². The van der Waals surface area contributed by atoms with E-state index < -0.39 is 0 Å². The molecular formula is C11H21N3O2. The van der Waals surface area contributed by atoms with E-state index in [9.17, 15) is 9.59 Å². The molecule has 1 unspecified atom stereocenters. The molecule has 0 aromatic rings. The monoisotopic (exact) mass is 227 g/mol. The molecule has 0 saturated heterocycles. The van der Waals surface area contributed by atoms with E-state index in [4.69, 9.17) is 5.73 Å². The average Bonchev–Trinajstić information content (AvgIpc) is 2.98. The van der Waals surface area contributed by atoms with E-state index in [1.165, 1.54) is 0 Å². The van der Waals surface area contributed by atoms with E-state index in [1.54, 1.807) is 0 Å². The van der Waals surface area contributed by atoms with Crippen molar-refractivity contribution in [2.45, 2.75) is 45.2 Å². The van der Waals surface area contributed by atoms with Crippen molar-refractivity contribution in [3.8, 4) is 0 Å². The van der Waals surface area contributed by atoms with Crippen LogP contribution in [0.25, 0.3) is 0 Å². The molecule has 0 spiro atoms. The number of amides is 2. The van der Waals surface area contributed by atoms with E-state index in [-0.39, 0.29) is 36.7 Å². The van der Waals surface area contributed by atoms with Gasteiger partial charge in [-0.1, -0.05) is 13.8 Å². The first-order chi connectivity index (χ1) is 7.49. The van der Waals surface area contributed by atoms with Gasteiger partial charge in [-0.15, -0.1) is 0 Å². The highest BCUT2D eigenvalue weighted by molar-refractivity contribution is 5.85. The van der Waals surface area contributed by atoms with Crippen molar-refractivity contribution in [1.29, 1.82) is 0 Å². The van der Waals surface area contributed by atoms with Crippen molar-refractivity contribution in [2.75, 3.05) is 6.54 Å². The predicted octanol–water partition coefficient (Wildman–Crippen LogP) is -0.245. The molecule has 1 fully saturated rings. The molecule has 0 aromatic heterocycles. The van der Waals surface area contributed by atoms with Crippen LogP contribution in [0.15, 0.2) is 0 Å². The van der Waals surface area contributed by atoms with E-state index in [1.807, 2.05) is 13.8 Å².